The molecule has 20 heavy (non-hydrogen) atoms. The molecule has 2 aromatic rings. The highest BCUT2D eigenvalue weighted by molar-refractivity contribution is 7.80. The minimum atomic E-state index is 0.274. The molecule has 1 aliphatic heterocycles. The topological polar surface area (TPSA) is 47.3 Å². The van der Waals surface area contributed by atoms with Crippen molar-refractivity contribution in [3.63, 3.8) is 0 Å². The predicted octanol–water partition coefficient (Wildman–Crippen LogP) is 3.26. The summed E-state index contributed by atoms with van der Waals surface area (Å²) in [6.45, 7) is 0.736. The van der Waals surface area contributed by atoms with Crippen LogP contribution in [0.15, 0.2) is 48.5 Å². The van der Waals surface area contributed by atoms with Crippen LogP contribution >= 0.6 is 12.2 Å². The lowest BCUT2D eigenvalue weighted by Crippen LogP contribution is -2.20. The number of para-hydroxylation sites is 1. The predicted molar refractivity (Wildman–Crippen MR) is 85.2 cm³/mol. The summed E-state index contributed by atoms with van der Waals surface area (Å²) in [5.74, 6) is 0.969. The van der Waals surface area contributed by atoms with Crippen LogP contribution in [0.5, 0.6) is 5.75 Å². The highest BCUT2D eigenvalue weighted by atomic mass is 32.1. The van der Waals surface area contributed by atoms with E-state index in [0.717, 1.165) is 30.0 Å². The molecule has 0 bridgehead atoms. The number of anilines is 1. The lowest BCUT2D eigenvalue weighted by Gasteiger charge is -2.27. The van der Waals surface area contributed by atoms with Gasteiger partial charge >= 0.3 is 0 Å². The van der Waals surface area contributed by atoms with Crippen LogP contribution in [0.1, 0.15) is 23.6 Å². The molecule has 0 saturated heterocycles. The number of hydrogen-bond acceptors (Lipinski definition) is 3. The number of ether oxygens (including phenoxy) is 1. The van der Waals surface area contributed by atoms with Gasteiger partial charge in [0.05, 0.1) is 12.6 Å². The molecular formula is C16H16N2OS. The Balaban J connectivity index is 1.80. The van der Waals surface area contributed by atoms with Crippen LogP contribution in [0, 0.1) is 0 Å². The minimum Gasteiger partial charge on any atom is -0.493 e. The Morgan fingerprint density at radius 2 is 1.90 bits per heavy atom. The molecule has 1 heterocycles. The van der Waals surface area contributed by atoms with Gasteiger partial charge in [-0.15, -0.1) is 0 Å². The summed E-state index contributed by atoms with van der Waals surface area (Å²) >= 11 is 4.96. The minimum absolute atomic E-state index is 0.274. The van der Waals surface area contributed by atoms with Gasteiger partial charge in [0.25, 0.3) is 0 Å². The first-order chi connectivity index (χ1) is 9.74. The molecule has 2 aromatic carbocycles. The van der Waals surface area contributed by atoms with Crippen LogP contribution in [0.3, 0.4) is 0 Å². The molecule has 3 nitrogen and oxygen atoms in total. The van der Waals surface area contributed by atoms with Crippen LogP contribution in [-0.2, 0) is 0 Å². The molecule has 1 atom stereocenters. The van der Waals surface area contributed by atoms with E-state index in [-0.39, 0.29) is 6.04 Å². The van der Waals surface area contributed by atoms with Crippen molar-refractivity contribution in [2.45, 2.75) is 12.5 Å². The zero-order valence-electron chi connectivity index (χ0n) is 11.0. The molecule has 0 saturated carbocycles. The first-order valence-corrected chi connectivity index (χ1v) is 7.03. The maximum Gasteiger partial charge on any atom is 0.124 e. The van der Waals surface area contributed by atoms with E-state index in [1.807, 2.05) is 42.5 Å². The van der Waals surface area contributed by atoms with Crippen LogP contribution in [0.2, 0.25) is 0 Å². The van der Waals surface area contributed by atoms with Crippen molar-refractivity contribution in [1.29, 1.82) is 0 Å². The fraction of sp³-hybridized carbons (Fsp3) is 0.188. The third kappa shape index (κ3) is 2.60. The van der Waals surface area contributed by atoms with Crippen LogP contribution in [-0.4, -0.2) is 11.6 Å². The molecular weight excluding hydrogens is 268 g/mol. The van der Waals surface area contributed by atoms with E-state index < -0.39 is 0 Å². The van der Waals surface area contributed by atoms with Crippen molar-refractivity contribution in [1.82, 2.24) is 0 Å². The van der Waals surface area contributed by atoms with Gasteiger partial charge in [0.15, 0.2) is 0 Å². The van der Waals surface area contributed by atoms with Gasteiger partial charge in [0.1, 0.15) is 10.7 Å². The van der Waals surface area contributed by atoms with E-state index in [1.54, 1.807) is 0 Å². The van der Waals surface area contributed by atoms with Crippen molar-refractivity contribution in [2.75, 3.05) is 11.9 Å². The third-order valence-electron chi connectivity index (χ3n) is 3.47. The highest BCUT2D eigenvalue weighted by Gasteiger charge is 2.20. The van der Waals surface area contributed by atoms with Gasteiger partial charge in [0, 0.05) is 23.2 Å². The Hall–Kier alpha value is -2.07. The number of thiocarbonyl (C=S) groups is 1. The summed E-state index contributed by atoms with van der Waals surface area (Å²) in [5, 5.41) is 3.54. The van der Waals surface area contributed by atoms with E-state index in [4.69, 9.17) is 22.7 Å². The molecule has 3 N–H and O–H groups in total. The summed E-state index contributed by atoms with van der Waals surface area (Å²) in [4.78, 5) is 0.424. The lowest BCUT2D eigenvalue weighted by atomic mass is 10.00. The molecule has 0 radical (unpaired) electrons. The molecule has 0 spiro atoms. The van der Waals surface area contributed by atoms with Gasteiger partial charge in [0.2, 0.25) is 0 Å². The summed E-state index contributed by atoms with van der Waals surface area (Å²) in [5.41, 5.74) is 8.76. The third-order valence-corrected chi connectivity index (χ3v) is 3.70. The molecule has 0 aliphatic carbocycles. The Labute approximate surface area is 123 Å². The van der Waals surface area contributed by atoms with Crippen molar-refractivity contribution in [2.24, 2.45) is 5.73 Å². The van der Waals surface area contributed by atoms with Crippen molar-refractivity contribution >= 4 is 22.9 Å². The number of nitrogens with one attached hydrogen (secondary N) is 1. The van der Waals surface area contributed by atoms with E-state index in [1.165, 1.54) is 5.56 Å². The second-order valence-electron chi connectivity index (χ2n) is 4.81. The second kappa shape index (κ2) is 5.51. The molecule has 0 aromatic heterocycles. The Morgan fingerprint density at radius 3 is 2.65 bits per heavy atom. The summed E-state index contributed by atoms with van der Waals surface area (Å²) < 4.78 is 5.67. The molecule has 1 unspecified atom stereocenters. The number of benzene rings is 2. The summed E-state index contributed by atoms with van der Waals surface area (Å²) in [6.07, 6.45) is 0.952. The second-order valence-corrected chi connectivity index (χ2v) is 5.25. The van der Waals surface area contributed by atoms with Gasteiger partial charge in [-0.05, 0) is 30.3 Å². The van der Waals surface area contributed by atoms with E-state index in [9.17, 15) is 0 Å². The standard InChI is InChI=1S/C16H16N2OS/c17-16(20)11-5-7-12(8-6-11)18-14-9-10-19-15-4-2-1-3-13(14)15/h1-8,14,18H,9-10H2,(H2,17,20). The van der Waals surface area contributed by atoms with E-state index in [2.05, 4.69) is 11.4 Å². The van der Waals surface area contributed by atoms with Crippen molar-refractivity contribution in [3.8, 4) is 5.75 Å². The molecule has 1 aliphatic rings. The monoisotopic (exact) mass is 284 g/mol. The summed E-state index contributed by atoms with van der Waals surface area (Å²) in [7, 11) is 0. The first-order valence-electron chi connectivity index (χ1n) is 6.62. The van der Waals surface area contributed by atoms with Crippen molar-refractivity contribution < 1.29 is 4.74 Å². The number of nitrogens with two attached hydrogens (primary N) is 1. The average molecular weight is 284 g/mol. The highest BCUT2D eigenvalue weighted by Crippen LogP contribution is 2.33. The van der Waals surface area contributed by atoms with Gasteiger partial charge in [-0.1, -0.05) is 30.4 Å². The first kappa shape index (κ1) is 12.9. The Bertz CT molecular complexity index is 625. The van der Waals surface area contributed by atoms with Gasteiger partial charge in [-0.2, -0.15) is 0 Å². The SMILES string of the molecule is NC(=S)c1ccc(NC2CCOc3ccccc32)cc1. The summed E-state index contributed by atoms with van der Waals surface area (Å²) in [6, 6.07) is 16.3. The van der Waals surface area contributed by atoms with Gasteiger partial charge in [-0.3, -0.25) is 0 Å². The van der Waals surface area contributed by atoms with E-state index >= 15 is 0 Å². The molecule has 3 rings (SSSR count). The normalized spacial score (nSPS) is 16.9. The number of fused-ring (bicyclic) bond motifs is 1. The van der Waals surface area contributed by atoms with Gasteiger partial charge < -0.3 is 15.8 Å². The van der Waals surface area contributed by atoms with Crippen LogP contribution in [0.25, 0.3) is 0 Å². The average Bonchev–Trinajstić information content (AvgIpc) is 2.48. The van der Waals surface area contributed by atoms with Crippen LogP contribution in [0.4, 0.5) is 5.69 Å². The van der Waals surface area contributed by atoms with Crippen LogP contribution < -0.4 is 15.8 Å². The largest absolute Gasteiger partial charge is 0.493 e. The lowest BCUT2D eigenvalue weighted by molar-refractivity contribution is 0.274. The van der Waals surface area contributed by atoms with E-state index in [0.29, 0.717) is 4.99 Å². The molecule has 0 amide bonds. The smallest absolute Gasteiger partial charge is 0.124 e. The zero-order valence-corrected chi connectivity index (χ0v) is 11.8. The zero-order chi connectivity index (χ0) is 13.9. The molecule has 102 valence electrons. The fourth-order valence-electron chi connectivity index (χ4n) is 2.42. The quantitative estimate of drug-likeness (QED) is 0.849. The fourth-order valence-corrected chi connectivity index (χ4v) is 2.56. The number of hydrogen-bond donors (Lipinski definition) is 2. The Kier molecular flexibility index (Phi) is 3.56. The molecule has 4 heteroatoms. The maximum absolute atomic E-state index is 5.67. The maximum atomic E-state index is 5.67. The molecule has 0 fully saturated rings. The van der Waals surface area contributed by atoms with Gasteiger partial charge in [-0.25, -0.2) is 0 Å². The Morgan fingerprint density at radius 1 is 1.15 bits per heavy atom. The number of rotatable bonds is 3. The van der Waals surface area contributed by atoms with Crippen molar-refractivity contribution in [3.05, 3.63) is 59.7 Å².